The van der Waals surface area contributed by atoms with Crippen molar-refractivity contribution in [1.82, 2.24) is 0 Å². The maximum atomic E-state index is 6.02. The second-order valence-corrected chi connectivity index (χ2v) is 4.86. The van der Waals surface area contributed by atoms with Crippen molar-refractivity contribution in [2.24, 2.45) is 5.73 Å². The second-order valence-electron chi connectivity index (χ2n) is 4.86. The van der Waals surface area contributed by atoms with Crippen LogP contribution in [0.15, 0.2) is 16.7 Å². The average molecular weight is 193 g/mol. The summed E-state index contributed by atoms with van der Waals surface area (Å²) in [6.45, 7) is 4.36. The lowest BCUT2D eigenvalue weighted by atomic mass is 10.1. The van der Waals surface area contributed by atoms with Crippen molar-refractivity contribution in [3.63, 3.8) is 0 Å². The number of hydrogen-bond acceptors (Lipinski definition) is 2. The first kappa shape index (κ1) is 9.78. The predicted octanol–water partition coefficient (Wildman–Crippen LogP) is 2.83. The average Bonchev–Trinajstić information content (AvgIpc) is 2.68. The Labute approximate surface area is 85.5 Å². The Balaban J connectivity index is 1.90. The van der Waals surface area contributed by atoms with Crippen LogP contribution in [0, 0.1) is 0 Å². The number of furan rings is 1. The molecule has 0 aromatic carbocycles. The fourth-order valence-electron chi connectivity index (χ4n) is 1.61. The first-order chi connectivity index (χ1) is 6.59. The lowest BCUT2D eigenvalue weighted by Crippen LogP contribution is -2.21. The van der Waals surface area contributed by atoms with Gasteiger partial charge in [0.1, 0.15) is 5.76 Å². The molecule has 1 aliphatic carbocycles. The standard InChI is InChI=1S/C12H19NO/c1-9(2)10-7-11(14-8-10)3-4-12(13)5-6-12/h7-9H,3-6,13H2,1-2H3. The normalized spacial score (nSPS) is 18.9. The molecule has 1 fully saturated rings. The van der Waals surface area contributed by atoms with Gasteiger partial charge < -0.3 is 10.2 Å². The van der Waals surface area contributed by atoms with Gasteiger partial charge in [-0.3, -0.25) is 0 Å². The maximum absolute atomic E-state index is 6.02. The molecule has 2 nitrogen and oxygen atoms in total. The highest BCUT2D eigenvalue weighted by molar-refractivity contribution is 5.17. The van der Waals surface area contributed by atoms with Gasteiger partial charge in [0.05, 0.1) is 6.26 Å². The van der Waals surface area contributed by atoms with E-state index in [0.717, 1.165) is 18.6 Å². The smallest absolute Gasteiger partial charge is 0.104 e. The first-order valence-corrected chi connectivity index (χ1v) is 5.45. The van der Waals surface area contributed by atoms with E-state index >= 15 is 0 Å². The summed E-state index contributed by atoms with van der Waals surface area (Å²) in [6.07, 6.45) is 6.30. The molecule has 0 unspecified atom stereocenters. The van der Waals surface area contributed by atoms with E-state index in [1.54, 1.807) is 0 Å². The van der Waals surface area contributed by atoms with Crippen molar-refractivity contribution in [3.8, 4) is 0 Å². The maximum Gasteiger partial charge on any atom is 0.104 e. The van der Waals surface area contributed by atoms with Crippen molar-refractivity contribution in [1.29, 1.82) is 0 Å². The summed E-state index contributed by atoms with van der Waals surface area (Å²) in [5.74, 6) is 1.64. The Morgan fingerprint density at radius 2 is 2.21 bits per heavy atom. The third-order valence-electron chi connectivity index (χ3n) is 3.10. The summed E-state index contributed by atoms with van der Waals surface area (Å²) in [4.78, 5) is 0. The molecule has 1 aliphatic rings. The monoisotopic (exact) mass is 193 g/mol. The van der Waals surface area contributed by atoms with E-state index in [0.29, 0.717) is 5.92 Å². The van der Waals surface area contributed by atoms with Crippen LogP contribution in [0.5, 0.6) is 0 Å². The van der Waals surface area contributed by atoms with Crippen molar-refractivity contribution in [3.05, 3.63) is 23.7 Å². The highest BCUT2D eigenvalue weighted by atomic mass is 16.3. The van der Waals surface area contributed by atoms with Crippen molar-refractivity contribution in [2.45, 2.75) is 51.0 Å². The molecule has 0 spiro atoms. The van der Waals surface area contributed by atoms with Crippen LogP contribution in [-0.2, 0) is 6.42 Å². The predicted molar refractivity (Wildman–Crippen MR) is 57.3 cm³/mol. The summed E-state index contributed by atoms with van der Waals surface area (Å²) in [6, 6.07) is 2.16. The van der Waals surface area contributed by atoms with Crippen LogP contribution in [0.3, 0.4) is 0 Å². The molecular weight excluding hydrogens is 174 g/mol. The van der Waals surface area contributed by atoms with Crippen molar-refractivity contribution < 1.29 is 4.42 Å². The fraction of sp³-hybridized carbons (Fsp3) is 0.667. The Morgan fingerprint density at radius 3 is 2.71 bits per heavy atom. The van der Waals surface area contributed by atoms with Gasteiger partial charge in [-0.1, -0.05) is 13.8 Å². The molecule has 2 N–H and O–H groups in total. The molecule has 2 rings (SSSR count). The van der Waals surface area contributed by atoms with Gasteiger partial charge in [0, 0.05) is 12.0 Å². The summed E-state index contributed by atoms with van der Waals surface area (Å²) < 4.78 is 5.49. The molecule has 0 amide bonds. The van der Waals surface area contributed by atoms with Gasteiger partial charge in [0.25, 0.3) is 0 Å². The Kier molecular flexibility index (Phi) is 2.40. The Hall–Kier alpha value is -0.760. The topological polar surface area (TPSA) is 39.2 Å². The van der Waals surface area contributed by atoms with E-state index in [-0.39, 0.29) is 5.54 Å². The highest BCUT2D eigenvalue weighted by Gasteiger charge is 2.37. The van der Waals surface area contributed by atoms with E-state index in [1.165, 1.54) is 18.4 Å². The zero-order valence-electron chi connectivity index (χ0n) is 9.05. The number of aryl methyl sites for hydroxylation is 1. The van der Waals surface area contributed by atoms with Gasteiger partial charge in [0.2, 0.25) is 0 Å². The van der Waals surface area contributed by atoms with Crippen LogP contribution in [0.25, 0.3) is 0 Å². The van der Waals surface area contributed by atoms with Crippen LogP contribution in [-0.4, -0.2) is 5.54 Å². The summed E-state index contributed by atoms with van der Waals surface area (Å²) in [5, 5.41) is 0. The van der Waals surface area contributed by atoms with Gasteiger partial charge in [-0.2, -0.15) is 0 Å². The van der Waals surface area contributed by atoms with E-state index in [9.17, 15) is 0 Å². The van der Waals surface area contributed by atoms with Gasteiger partial charge in [0.15, 0.2) is 0 Å². The molecule has 1 aromatic heterocycles. The molecule has 1 saturated carbocycles. The number of rotatable bonds is 4. The van der Waals surface area contributed by atoms with E-state index < -0.39 is 0 Å². The second kappa shape index (κ2) is 3.43. The van der Waals surface area contributed by atoms with Crippen LogP contribution >= 0.6 is 0 Å². The van der Waals surface area contributed by atoms with E-state index in [2.05, 4.69) is 19.9 Å². The van der Waals surface area contributed by atoms with Gasteiger partial charge in [-0.05, 0) is 36.8 Å². The molecule has 2 heteroatoms. The molecule has 0 atom stereocenters. The SMILES string of the molecule is CC(C)c1coc(CCC2(N)CC2)c1. The molecule has 0 radical (unpaired) electrons. The molecule has 0 aliphatic heterocycles. The van der Waals surface area contributed by atoms with Crippen molar-refractivity contribution >= 4 is 0 Å². The highest BCUT2D eigenvalue weighted by Crippen LogP contribution is 2.36. The third kappa shape index (κ3) is 2.18. The quantitative estimate of drug-likeness (QED) is 0.798. The van der Waals surface area contributed by atoms with Crippen molar-refractivity contribution in [2.75, 3.05) is 0 Å². The minimum atomic E-state index is 0.144. The summed E-state index contributed by atoms with van der Waals surface area (Å²) in [5.41, 5.74) is 7.46. The van der Waals surface area contributed by atoms with Gasteiger partial charge in [-0.25, -0.2) is 0 Å². The minimum absolute atomic E-state index is 0.144. The zero-order valence-corrected chi connectivity index (χ0v) is 9.05. The first-order valence-electron chi connectivity index (χ1n) is 5.45. The Morgan fingerprint density at radius 1 is 1.50 bits per heavy atom. The lowest BCUT2D eigenvalue weighted by Gasteiger charge is -2.05. The van der Waals surface area contributed by atoms with Crippen LogP contribution in [0.2, 0.25) is 0 Å². The molecule has 1 heterocycles. The number of hydrogen-bond donors (Lipinski definition) is 1. The number of nitrogens with two attached hydrogens (primary N) is 1. The molecule has 0 saturated heterocycles. The Bertz CT molecular complexity index is 310. The molecule has 78 valence electrons. The van der Waals surface area contributed by atoms with Gasteiger partial charge in [-0.15, -0.1) is 0 Å². The molecule has 1 aromatic rings. The summed E-state index contributed by atoms with van der Waals surface area (Å²) in [7, 11) is 0. The summed E-state index contributed by atoms with van der Waals surface area (Å²) >= 11 is 0. The van der Waals surface area contributed by atoms with E-state index in [4.69, 9.17) is 10.2 Å². The largest absolute Gasteiger partial charge is 0.469 e. The minimum Gasteiger partial charge on any atom is -0.469 e. The third-order valence-corrected chi connectivity index (χ3v) is 3.10. The lowest BCUT2D eigenvalue weighted by molar-refractivity contribution is 0.479. The van der Waals surface area contributed by atoms with Crippen LogP contribution in [0.4, 0.5) is 0 Å². The molecular formula is C12H19NO. The molecule has 0 bridgehead atoms. The zero-order chi connectivity index (χ0) is 10.2. The molecule has 14 heavy (non-hydrogen) atoms. The fourth-order valence-corrected chi connectivity index (χ4v) is 1.61. The van der Waals surface area contributed by atoms with Crippen LogP contribution < -0.4 is 5.73 Å². The van der Waals surface area contributed by atoms with Crippen LogP contribution in [0.1, 0.15) is 50.4 Å². The van der Waals surface area contributed by atoms with Gasteiger partial charge >= 0.3 is 0 Å². The van der Waals surface area contributed by atoms with E-state index in [1.807, 2.05) is 6.26 Å².